The number of primary amides is 1. The Kier molecular flexibility index (Phi) is 7.49. The summed E-state index contributed by atoms with van der Waals surface area (Å²) in [6.07, 6.45) is 0.160. The van der Waals surface area contributed by atoms with E-state index in [1.54, 1.807) is 18.2 Å². The van der Waals surface area contributed by atoms with E-state index < -0.39 is 22.0 Å². The predicted molar refractivity (Wildman–Crippen MR) is 129 cm³/mol. The van der Waals surface area contributed by atoms with Gasteiger partial charge in [0.1, 0.15) is 0 Å². The lowest BCUT2D eigenvalue weighted by Crippen LogP contribution is -2.39. The molecule has 0 saturated heterocycles. The van der Waals surface area contributed by atoms with Crippen LogP contribution in [0.2, 0.25) is 0 Å². The van der Waals surface area contributed by atoms with Crippen molar-refractivity contribution in [1.29, 1.82) is 0 Å². The van der Waals surface area contributed by atoms with E-state index in [2.05, 4.69) is 15.0 Å². The summed E-state index contributed by atoms with van der Waals surface area (Å²) in [4.78, 5) is 25.7. The zero-order chi connectivity index (χ0) is 24.7. The molecule has 0 bridgehead atoms. The molecule has 0 aliphatic carbocycles. The SMILES string of the molecule is NC(=O)NC(N)=Nc1cccc(S(=O)(=O)Nc2cc(CCC(=O)O)ccc2-c2ccccc2)c1. The molecule has 176 valence electrons. The molecule has 0 aromatic heterocycles. The molecule has 3 rings (SSSR count). The van der Waals surface area contributed by atoms with Crippen LogP contribution in [-0.4, -0.2) is 31.5 Å². The number of hydrogen-bond donors (Lipinski definition) is 5. The van der Waals surface area contributed by atoms with Gasteiger partial charge >= 0.3 is 12.0 Å². The van der Waals surface area contributed by atoms with Gasteiger partial charge in [0.25, 0.3) is 10.0 Å². The molecule has 10 nitrogen and oxygen atoms in total. The first-order chi connectivity index (χ1) is 16.1. The fraction of sp³-hybridized carbons (Fsp3) is 0.0870. The third kappa shape index (κ3) is 6.56. The number of aliphatic imine (C=N–C) groups is 1. The average molecular weight is 482 g/mol. The van der Waals surface area contributed by atoms with Gasteiger partial charge in [-0.25, -0.2) is 18.2 Å². The van der Waals surface area contributed by atoms with Crippen molar-refractivity contribution in [3.05, 3.63) is 78.4 Å². The molecule has 34 heavy (non-hydrogen) atoms. The van der Waals surface area contributed by atoms with Crippen molar-refractivity contribution >= 4 is 39.4 Å². The van der Waals surface area contributed by atoms with Crippen molar-refractivity contribution in [2.75, 3.05) is 4.72 Å². The van der Waals surface area contributed by atoms with Crippen LogP contribution in [0.15, 0.2) is 82.7 Å². The van der Waals surface area contributed by atoms with E-state index in [4.69, 9.17) is 16.6 Å². The molecule has 0 radical (unpaired) electrons. The van der Waals surface area contributed by atoms with Gasteiger partial charge in [0.05, 0.1) is 16.3 Å². The highest BCUT2D eigenvalue weighted by atomic mass is 32.2. The summed E-state index contributed by atoms with van der Waals surface area (Å²) in [5.41, 5.74) is 13.1. The lowest BCUT2D eigenvalue weighted by Gasteiger charge is -2.15. The number of aryl methyl sites for hydroxylation is 1. The number of aliphatic carboxylic acids is 1. The standard InChI is InChI=1S/C23H23N5O5S/c24-22(27-23(25)31)26-17-7-4-8-18(14-17)34(32,33)28-20-13-15(10-12-21(29)30)9-11-19(20)16-5-2-1-3-6-16/h1-9,11,13-14,28H,10,12H2,(H,29,30)(H5,24,25,26,27,31). The fourth-order valence-corrected chi connectivity index (χ4v) is 4.28. The Morgan fingerprint density at radius 1 is 0.941 bits per heavy atom. The summed E-state index contributed by atoms with van der Waals surface area (Å²) < 4.78 is 29.0. The number of hydrogen-bond acceptors (Lipinski definition) is 5. The number of nitrogens with one attached hydrogen (secondary N) is 2. The highest BCUT2D eigenvalue weighted by Gasteiger charge is 2.18. The summed E-state index contributed by atoms with van der Waals surface area (Å²) in [5.74, 6) is -1.23. The summed E-state index contributed by atoms with van der Waals surface area (Å²) in [7, 11) is -4.06. The molecule has 0 spiro atoms. The van der Waals surface area contributed by atoms with E-state index in [0.29, 0.717) is 16.8 Å². The second-order valence-electron chi connectivity index (χ2n) is 7.23. The number of urea groups is 1. The van der Waals surface area contributed by atoms with E-state index >= 15 is 0 Å². The van der Waals surface area contributed by atoms with E-state index in [9.17, 15) is 18.0 Å². The Labute approximate surface area is 196 Å². The van der Waals surface area contributed by atoms with Crippen molar-refractivity contribution in [3.8, 4) is 11.1 Å². The molecule has 11 heteroatoms. The van der Waals surface area contributed by atoms with E-state index in [-0.39, 0.29) is 29.4 Å². The van der Waals surface area contributed by atoms with Gasteiger partial charge in [-0.15, -0.1) is 0 Å². The van der Waals surface area contributed by atoms with Crippen LogP contribution < -0.4 is 21.5 Å². The van der Waals surface area contributed by atoms with E-state index in [0.717, 1.165) is 5.56 Å². The number of guanidine groups is 1. The fourth-order valence-electron chi connectivity index (χ4n) is 3.17. The molecule has 0 aliphatic heterocycles. The number of carboxylic acids is 1. The quantitative estimate of drug-likeness (QED) is 0.244. The first-order valence-electron chi connectivity index (χ1n) is 10.1. The highest BCUT2D eigenvalue weighted by Crippen LogP contribution is 2.31. The maximum Gasteiger partial charge on any atom is 0.318 e. The van der Waals surface area contributed by atoms with Crippen LogP contribution >= 0.6 is 0 Å². The average Bonchev–Trinajstić information content (AvgIpc) is 2.78. The van der Waals surface area contributed by atoms with Gasteiger partial charge in [-0.05, 0) is 41.8 Å². The predicted octanol–water partition coefficient (Wildman–Crippen LogP) is 2.79. The monoisotopic (exact) mass is 481 g/mol. The van der Waals surface area contributed by atoms with Crippen LogP contribution in [0.3, 0.4) is 0 Å². The van der Waals surface area contributed by atoms with Gasteiger partial charge in [0, 0.05) is 12.0 Å². The third-order valence-corrected chi connectivity index (χ3v) is 6.03. The number of carbonyl (C=O) groups is 2. The minimum absolute atomic E-state index is 0.0856. The molecule has 0 heterocycles. The van der Waals surface area contributed by atoms with Gasteiger partial charge in [-0.1, -0.05) is 48.5 Å². The molecule has 3 aromatic carbocycles. The summed E-state index contributed by atoms with van der Waals surface area (Å²) >= 11 is 0. The molecule has 0 unspecified atom stereocenters. The van der Waals surface area contributed by atoms with Crippen molar-refractivity contribution in [3.63, 3.8) is 0 Å². The molecule has 0 saturated carbocycles. The topological polar surface area (TPSA) is 177 Å². The number of nitrogens with zero attached hydrogens (tertiary/aromatic N) is 1. The third-order valence-electron chi connectivity index (χ3n) is 4.67. The van der Waals surface area contributed by atoms with E-state index in [1.165, 1.54) is 24.3 Å². The van der Waals surface area contributed by atoms with Gasteiger partial charge in [0.15, 0.2) is 0 Å². The number of anilines is 1. The molecule has 0 atom stereocenters. The second-order valence-corrected chi connectivity index (χ2v) is 8.91. The maximum atomic E-state index is 13.2. The summed E-state index contributed by atoms with van der Waals surface area (Å²) in [6, 6.07) is 19.1. The van der Waals surface area contributed by atoms with Crippen LogP contribution in [0.1, 0.15) is 12.0 Å². The smallest absolute Gasteiger partial charge is 0.318 e. The minimum atomic E-state index is -4.06. The summed E-state index contributed by atoms with van der Waals surface area (Å²) in [6.45, 7) is 0. The number of benzene rings is 3. The highest BCUT2D eigenvalue weighted by molar-refractivity contribution is 7.92. The Bertz CT molecular complexity index is 1340. The molecule has 3 aromatic rings. The molecule has 0 aliphatic rings. The largest absolute Gasteiger partial charge is 0.481 e. The van der Waals surface area contributed by atoms with Crippen molar-refractivity contribution < 1.29 is 23.1 Å². The zero-order valence-corrected chi connectivity index (χ0v) is 18.7. The Hall–Kier alpha value is -4.38. The van der Waals surface area contributed by atoms with Gasteiger partial charge < -0.3 is 16.6 Å². The normalized spacial score (nSPS) is 11.6. The number of nitrogens with two attached hydrogens (primary N) is 2. The molecule has 0 fully saturated rings. The Balaban J connectivity index is 1.98. The van der Waals surface area contributed by atoms with Gasteiger partial charge in [0.2, 0.25) is 5.96 Å². The lowest BCUT2D eigenvalue weighted by molar-refractivity contribution is -0.136. The van der Waals surface area contributed by atoms with Crippen LogP contribution in [0, 0.1) is 0 Å². The first-order valence-corrected chi connectivity index (χ1v) is 11.6. The van der Waals surface area contributed by atoms with Crippen LogP contribution in [0.5, 0.6) is 0 Å². The molecule has 2 amide bonds. The van der Waals surface area contributed by atoms with Crippen LogP contribution in [0.25, 0.3) is 11.1 Å². The maximum absolute atomic E-state index is 13.2. The number of carboxylic acid groups (broad SMARTS) is 1. The second kappa shape index (κ2) is 10.5. The van der Waals surface area contributed by atoms with E-state index in [1.807, 2.05) is 30.3 Å². The van der Waals surface area contributed by atoms with Crippen molar-refractivity contribution in [1.82, 2.24) is 5.32 Å². The van der Waals surface area contributed by atoms with Crippen molar-refractivity contribution in [2.45, 2.75) is 17.7 Å². The zero-order valence-electron chi connectivity index (χ0n) is 17.9. The lowest BCUT2D eigenvalue weighted by atomic mass is 10.00. The van der Waals surface area contributed by atoms with Crippen LogP contribution in [0.4, 0.5) is 16.2 Å². The van der Waals surface area contributed by atoms with Crippen LogP contribution in [-0.2, 0) is 21.2 Å². The minimum Gasteiger partial charge on any atom is -0.481 e. The Morgan fingerprint density at radius 3 is 2.35 bits per heavy atom. The van der Waals surface area contributed by atoms with Gasteiger partial charge in [-0.3, -0.25) is 14.8 Å². The Morgan fingerprint density at radius 2 is 1.68 bits per heavy atom. The van der Waals surface area contributed by atoms with Gasteiger partial charge in [-0.2, -0.15) is 0 Å². The number of rotatable bonds is 8. The molecular formula is C23H23N5O5S. The summed E-state index contributed by atoms with van der Waals surface area (Å²) in [5, 5.41) is 11.1. The number of sulfonamides is 1. The molecule has 7 N–H and O–H groups in total. The number of amides is 2. The van der Waals surface area contributed by atoms with Crippen molar-refractivity contribution in [2.24, 2.45) is 16.5 Å². The first kappa shape index (κ1) is 24.3. The molecular weight excluding hydrogens is 458 g/mol. The number of carbonyl (C=O) groups excluding carboxylic acids is 1.